The van der Waals surface area contributed by atoms with Crippen LogP contribution in [0.5, 0.6) is 0 Å². The normalized spacial score (nSPS) is 23.9. The molecule has 4 heteroatoms. The molecule has 2 rings (SSSR count). The lowest BCUT2D eigenvalue weighted by atomic mass is 9.80. The highest BCUT2D eigenvalue weighted by atomic mass is 32.1. The van der Waals surface area contributed by atoms with Crippen LogP contribution in [0.1, 0.15) is 17.7 Å². The summed E-state index contributed by atoms with van der Waals surface area (Å²) in [6.45, 7) is 0.811. The first kappa shape index (κ1) is 11.6. The van der Waals surface area contributed by atoms with E-state index >= 15 is 0 Å². The van der Waals surface area contributed by atoms with Crippen molar-refractivity contribution >= 4 is 17.2 Å². The van der Waals surface area contributed by atoms with E-state index in [0.717, 1.165) is 25.8 Å². The topological polar surface area (TPSA) is 46.3 Å². The van der Waals surface area contributed by atoms with Crippen LogP contribution in [-0.4, -0.2) is 30.4 Å². The summed E-state index contributed by atoms with van der Waals surface area (Å²) < 4.78 is 0. The zero-order chi connectivity index (χ0) is 11.5. The minimum Gasteiger partial charge on any atom is -0.345 e. The molecular weight excluding hydrogens is 220 g/mol. The molecule has 1 heterocycles. The van der Waals surface area contributed by atoms with E-state index in [9.17, 15) is 4.79 Å². The molecule has 1 aliphatic rings. The van der Waals surface area contributed by atoms with Gasteiger partial charge in [0.25, 0.3) is 0 Å². The number of amides is 1. The molecule has 3 nitrogen and oxygen atoms in total. The highest BCUT2D eigenvalue weighted by Crippen LogP contribution is 2.27. The predicted octanol–water partition coefficient (Wildman–Crippen LogP) is 1.49. The van der Waals surface area contributed by atoms with Crippen molar-refractivity contribution in [1.29, 1.82) is 0 Å². The van der Waals surface area contributed by atoms with Crippen molar-refractivity contribution in [3.05, 3.63) is 22.4 Å². The minimum absolute atomic E-state index is 0.184. The molecule has 1 fully saturated rings. The maximum absolute atomic E-state index is 11.9. The van der Waals surface area contributed by atoms with Gasteiger partial charge in [0.15, 0.2) is 0 Å². The van der Waals surface area contributed by atoms with Crippen LogP contribution in [0, 0.1) is 5.92 Å². The molecule has 1 aromatic rings. The maximum Gasteiger partial charge on any atom is 0.225 e. The van der Waals surface area contributed by atoms with Gasteiger partial charge in [-0.25, -0.2) is 0 Å². The van der Waals surface area contributed by atoms with Crippen LogP contribution in [0.4, 0.5) is 0 Å². The molecule has 1 aromatic heterocycles. The molecule has 1 amide bonds. The number of hydrogen-bond acceptors (Lipinski definition) is 3. The number of rotatable bonds is 4. The molecule has 0 bridgehead atoms. The van der Waals surface area contributed by atoms with Crippen molar-refractivity contribution in [3.63, 3.8) is 0 Å². The van der Waals surface area contributed by atoms with E-state index in [4.69, 9.17) is 5.73 Å². The molecule has 1 saturated carbocycles. The molecule has 1 aliphatic carbocycles. The first-order valence-electron chi connectivity index (χ1n) is 5.69. The summed E-state index contributed by atoms with van der Waals surface area (Å²) in [6, 6.07) is 4.41. The third-order valence-corrected chi connectivity index (χ3v) is 4.11. The largest absolute Gasteiger partial charge is 0.345 e. The van der Waals surface area contributed by atoms with Gasteiger partial charge in [-0.15, -0.1) is 11.3 Å². The predicted molar refractivity (Wildman–Crippen MR) is 66.4 cm³/mol. The maximum atomic E-state index is 11.9. The fourth-order valence-electron chi connectivity index (χ4n) is 2.02. The van der Waals surface area contributed by atoms with E-state index in [2.05, 4.69) is 11.4 Å². The Morgan fingerprint density at radius 3 is 2.94 bits per heavy atom. The van der Waals surface area contributed by atoms with Gasteiger partial charge in [-0.3, -0.25) is 4.79 Å². The summed E-state index contributed by atoms with van der Waals surface area (Å²) in [5, 5.41) is 2.07. The molecule has 0 aliphatic heterocycles. The SMILES string of the molecule is CN(CCc1cccs1)C(=O)C1CC(N)C1. The first-order chi connectivity index (χ1) is 7.66. The van der Waals surface area contributed by atoms with Gasteiger partial charge in [0, 0.05) is 30.4 Å². The van der Waals surface area contributed by atoms with Crippen LogP contribution in [0.3, 0.4) is 0 Å². The number of likely N-dealkylation sites (N-methyl/N-ethyl adjacent to an activating group) is 1. The third-order valence-electron chi connectivity index (χ3n) is 3.17. The molecule has 0 saturated heterocycles. The van der Waals surface area contributed by atoms with Crippen molar-refractivity contribution in [3.8, 4) is 0 Å². The zero-order valence-corrected chi connectivity index (χ0v) is 10.4. The number of hydrogen-bond donors (Lipinski definition) is 1. The van der Waals surface area contributed by atoms with E-state index in [1.807, 2.05) is 18.0 Å². The fraction of sp³-hybridized carbons (Fsp3) is 0.583. The molecule has 0 aromatic carbocycles. The summed E-state index contributed by atoms with van der Waals surface area (Å²) in [6.07, 6.45) is 2.68. The molecule has 0 spiro atoms. The Kier molecular flexibility index (Phi) is 3.61. The highest BCUT2D eigenvalue weighted by Gasteiger charge is 2.33. The van der Waals surface area contributed by atoms with E-state index < -0.39 is 0 Å². The first-order valence-corrected chi connectivity index (χ1v) is 6.57. The molecular formula is C12H18N2OS. The summed E-state index contributed by atoms with van der Waals surface area (Å²) in [7, 11) is 1.89. The second-order valence-corrected chi connectivity index (χ2v) is 5.55. The summed E-state index contributed by atoms with van der Waals surface area (Å²) >= 11 is 1.75. The van der Waals surface area contributed by atoms with Gasteiger partial charge in [-0.2, -0.15) is 0 Å². The Hall–Kier alpha value is -0.870. The smallest absolute Gasteiger partial charge is 0.225 e. The number of carbonyl (C=O) groups is 1. The average molecular weight is 238 g/mol. The van der Waals surface area contributed by atoms with Gasteiger partial charge >= 0.3 is 0 Å². The molecule has 0 unspecified atom stereocenters. The second kappa shape index (κ2) is 4.97. The highest BCUT2D eigenvalue weighted by molar-refractivity contribution is 7.09. The molecule has 16 heavy (non-hydrogen) atoms. The summed E-state index contributed by atoms with van der Waals surface area (Å²) in [5.74, 6) is 0.446. The minimum atomic E-state index is 0.184. The van der Waals surface area contributed by atoms with Crippen LogP contribution < -0.4 is 5.73 Å². The number of thiophene rings is 1. The van der Waals surface area contributed by atoms with Gasteiger partial charge in [0.05, 0.1) is 0 Å². The van der Waals surface area contributed by atoms with Crippen molar-refractivity contribution in [2.24, 2.45) is 11.7 Å². The van der Waals surface area contributed by atoms with Gasteiger partial charge < -0.3 is 10.6 Å². The zero-order valence-electron chi connectivity index (χ0n) is 9.56. The summed E-state index contributed by atoms with van der Waals surface area (Å²) in [5.41, 5.74) is 5.69. The molecule has 0 radical (unpaired) electrons. The lowest BCUT2D eigenvalue weighted by Crippen LogP contribution is -2.46. The Labute approximate surface area is 100 Å². The molecule has 0 atom stereocenters. The van der Waals surface area contributed by atoms with Gasteiger partial charge in [-0.1, -0.05) is 6.07 Å². The van der Waals surface area contributed by atoms with Crippen LogP contribution in [-0.2, 0) is 11.2 Å². The lowest BCUT2D eigenvalue weighted by molar-refractivity contribution is -0.137. The van der Waals surface area contributed by atoms with Gasteiger partial charge in [0.1, 0.15) is 0 Å². The van der Waals surface area contributed by atoms with Crippen LogP contribution in [0.2, 0.25) is 0 Å². The standard InChI is InChI=1S/C12H18N2OS/c1-14(5-4-11-3-2-6-16-11)12(15)9-7-10(13)8-9/h2-3,6,9-10H,4-5,7-8,13H2,1H3. The van der Waals surface area contributed by atoms with E-state index in [1.54, 1.807) is 11.3 Å². The van der Waals surface area contributed by atoms with Crippen molar-refractivity contribution in [2.75, 3.05) is 13.6 Å². The summed E-state index contributed by atoms with van der Waals surface area (Å²) in [4.78, 5) is 15.1. The monoisotopic (exact) mass is 238 g/mol. The molecule has 2 N–H and O–H groups in total. The van der Waals surface area contributed by atoms with E-state index in [1.165, 1.54) is 4.88 Å². The second-order valence-electron chi connectivity index (χ2n) is 4.52. The molecule has 88 valence electrons. The number of nitrogens with two attached hydrogens (primary N) is 1. The van der Waals surface area contributed by atoms with Crippen LogP contribution in [0.15, 0.2) is 17.5 Å². The Bertz CT molecular complexity index is 344. The third kappa shape index (κ3) is 2.62. The number of nitrogens with zero attached hydrogens (tertiary/aromatic N) is 1. The van der Waals surface area contributed by atoms with Crippen molar-refractivity contribution in [2.45, 2.75) is 25.3 Å². The Balaban J connectivity index is 1.75. The lowest BCUT2D eigenvalue weighted by Gasteiger charge is -2.34. The Morgan fingerprint density at radius 2 is 2.38 bits per heavy atom. The van der Waals surface area contributed by atoms with E-state index in [0.29, 0.717) is 0 Å². The van der Waals surface area contributed by atoms with Crippen LogP contribution in [0.25, 0.3) is 0 Å². The van der Waals surface area contributed by atoms with Crippen LogP contribution >= 0.6 is 11.3 Å². The van der Waals surface area contributed by atoms with Crippen molar-refractivity contribution < 1.29 is 4.79 Å². The fourth-order valence-corrected chi connectivity index (χ4v) is 2.72. The van der Waals surface area contributed by atoms with Gasteiger partial charge in [-0.05, 0) is 30.7 Å². The van der Waals surface area contributed by atoms with E-state index in [-0.39, 0.29) is 17.9 Å². The van der Waals surface area contributed by atoms with Crippen molar-refractivity contribution in [1.82, 2.24) is 4.90 Å². The van der Waals surface area contributed by atoms with Gasteiger partial charge in [0.2, 0.25) is 5.91 Å². The quantitative estimate of drug-likeness (QED) is 0.864. The Morgan fingerprint density at radius 1 is 1.62 bits per heavy atom. The number of carbonyl (C=O) groups excluding carboxylic acids is 1. The average Bonchev–Trinajstić information content (AvgIpc) is 2.73.